The lowest BCUT2D eigenvalue weighted by Crippen LogP contribution is -2.49. The van der Waals surface area contributed by atoms with E-state index in [-0.39, 0.29) is 42.3 Å². The van der Waals surface area contributed by atoms with Crippen LogP contribution < -0.4 is 16.0 Å². The summed E-state index contributed by atoms with van der Waals surface area (Å²) in [7, 11) is 0. The molecule has 3 N–H and O–H groups in total. The lowest BCUT2D eigenvalue weighted by Gasteiger charge is -2.26. The van der Waals surface area contributed by atoms with Gasteiger partial charge in [-0.15, -0.1) is 24.0 Å². The van der Waals surface area contributed by atoms with Crippen LogP contribution in [0.4, 0.5) is 0 Å². The number of hydrogen-bond acceptors (Lipinski definition) is 5. The van der Waals surface area contributed by atoms with E-state index in [4.69, 9.17) is 4.42 Å². The molecular weight excluding hydrogens is 511 g/mol. The minimum Gasteiger partial charge on any atom is -0.444 e. The highest BCUT2D eigenvalue weighted by atomic mass is 127. The van der Waals surface area contributed by atoms with Crippen molar-refractivity contribution in [3.05, 3.63) is 52.7 Å². The van der Waals surface area contributed by atoms with E-state index in [1.165, 1.54) is 0 Å². The number of benzene rings is 1. The maximum absolute atomic E-state index is 12.5. The van der Waals surface area contributed by atoms with Gasteiger partial charge in [-0.25, -0.2) is 9.98 Å². The van der Waals surface area contributed by atoms with Gasteiger partial charge in [-0.1, -0.05) is 12.1 Å². The van der Waals surface area contributed by atoms with Gasteiger partial charge in [-0.2, -0.15) is 0 Å². The van der Waals surface area contributed by atoms with Crippen LogP contribution in [0, 0.1) is 13.8 Å². The Labute approximate surface area is 199 Å². The van der Waals surface area contributed by atoms with Crippen LogP contribution in [0.15, 0.2) is 33.7 Å². The molecule has 31 heavy (non-hydrogen) atoms. The zero-order chi connectivity index (χ0) is 21.5. The van der Waals surface area contributed by atoms with Crippen LogP contribution in [0.3, 0.4) is 0 Å². The molecule has 2 aromatic rings. The number of carbonyl (C=O) groups is 2. The number of aromatic nitrogens is 1. The molecule has 2 heterocycles. The predicted octanol–water partition coefficient (Wildman–Crippen LogP) is 1.74. The number of hydrogen-bond donors (Lipinski definition) is 3. The molecule has 0 aliphatic carbocycles. The summed E-state index contributed by atoms with van der Waals surface area (Å²) in [6, 6.07) is 7.31. The lowest BCUT2D eigenvalue weighted by molar-refractivity contribution is -0.123. The number of guanidine groups is 1. The Morgan fingerprint density at radius 3 is 2.61 bits per heavy atom. The van der Waals surface area contributed by atoms with Crippen molar-refractivity contribution in [1.82, 2.24) is 25.8 Å². The van der Waals surface area contributed by atoms with Gasteiger partial charge in [0.1, 0.15) is 5.76 Å². The standard InChI is InChI=1S/C21H28N6O3.HI/c1-4-22-21(25-12-19-26-14(2)15(3)30-19)24-11-16-5-7-17(8-6-16)20(29)27-10-9-23-18(28)13-27;/h5-8H,4,9-13H2,1-3H3,(H,23,28)(H2,22,24,25);1H. The number of rotatable bonds is 6. The summed E-state index contributed by atoms with van der Waals surface area (Å²) in [4.78, 5) is 34.5. The van der Waals surface area contributed by atoms with Gasteiger partial charge in [-0.05, 0) is 38.5 Å². The van der Waals surface area contributed by atoms with Gasteiger partial charge in [0.2, 0.25) is 11.8 Å². The number of aryl methyl sites for hydroxylation is 2. The molecule has 3 rings (SSSR count). The second kappa shape index (κ2) is 11.7. The molecule has 1 aromatic heterocycles. The normalized spacial score (nSPS) is 14.0. The van der Waals surface area contributed by atoms with Gasteiger partial charge in [-0.3, -0.25) is 9.59 Å². The number of piperazine rings is 1. The number of aliphatic imine (C=N–C) groups is 1. The topological polar surface area (TPSA) is 112 Å². The summed E-state index contributed by atoms with van der Waals surface area (Å²) in [5.74, 6) is 1.83. The third kappa shape index (κ3) is 6.94. The van der Waals surface area contributed by atoms with Crippen molar-refractivity contribution in [3.63, 3.8) is 0 Å². The Morgan fingerprint density at radius 1 is 1.26 bits per heavy atom. The van der Waals surface area contributed by atoms with Crippen LogP contribution >= 0.6 is 24.0 Å². The van der Waals surface area contributed by atoms with E-state index in [0.717, 1.165) is 23.6 Å². The average Bonchev–Trinajstić information content (AvgIpc) is 3.07. The Balaban J connectivity index is 0.00000341. The van der Waals surface area contributed by atoms with Gasteiger partial charge in [0, 0.05) is 25.2 Å². The first-order chi connectivity index (χ1) is 14.5. The van der Waals surface area contributed by atoms with E-state index in [0.29, 0.717) is 43.6 Å². The highest BCUT2D eigenvalue weighted by Gasteiger charge is 2.22. The van der Waals surface area contributed by atoms with Crippen molar-refractivity contribution in [3.8, 4) is 0 Å². The summed E-state index contributed by atoms with van der Waals surface area (Å²) in [5.41, 5.74) is 2.42. The number of halogens is 1. The monoisotopic (exact) mass is 540 g/mol. The van der Waals surface area contributed by atoms with E-state index in [1.54, 1.807) is 17.0 Å². The molecule has 0 unspecified atom stereocenters. The molecule has 0 saturated carbocycles. The predicted molar refractivity (Wildman–Crippen MR) is 128 cm³/mol. The van der Waals surface area contributed by atoms with E-state index in [2.05, 4.69) is 25.9 Å². The molecule has 1 aromatic carbocycles. The SMILES string of the molecule is CCNC(=NCc1ccc(C(=O)N2CCNC(=O)C2)cc1)NCc1nc(C)c(C)o1.I. The molecule has 1 saturated heterocycles. The average molecular weight is 540 g/mol. The van der Waals surface area contributed by atoms with Crippen LogP contribution in [-0.4, -0.2) is 53.8 Å². The second-order valence-corrected chi connectivity index (χ2v) is 7.07. The quantitative estimate of drug-likeness (QED) is 0.293. The molecule has 0 atom stereocenters. The Kier molecular flexibility index (Phi) is 9.28. The van der Waals surface area contributed by atoms with Gasteiger partial charge in [0.25, 0.3) is 5.91 Å². The number of amides is 2. The molecular formula is C21H29IN6O3. The highest BCUT2D eigenvalue weighted by molar-refractivity contribution is 14.0. The van der Waals surface area contributed by atoms with Crippen molar-refractivity contribution in [2.24, 2.45) is 4.99 Å². The smallest absolute Gasteiger partial charge is 0.254 e. The van der Waals surface area contributed by atoms with Gasteiger partial charge >= 0.3 is 0 Å². The molecule has 0 radical (unpaired) electrons. The summed E-state index contributed by atoms with van der Waals surface area (Å²) in [6.45, 7) is 8.55. The first kappa shape index (κ1) is 24.6. The summed E-state index contributed by atoms with van der Waals surface area (Å²) < 4.78 is 5.58. The molecule has 1 fully saturated rings. The molecule has 1 aliphatic rings. The Hall–Kier alpha value is -2.63. The number of nitrogens with one attached hydrogen (secondary N) is 3. The minimum atomic E-state index is -0.133. The molecule has 1 aliphatic heterocycles. The molecule has 2 amide bonds. The molecule has 10 heteroatoms. The van der Waals surface area contributed by atoms with Crippen molar-refractivity contribution in [2.45, 2.75) is 33.9 Å². The van der Waals surface area contributed by atoms with E-state index < -0.39 is 0 Å². The number of nitrogens with zero attached hydrogens (tertiary/aromatic N) is 3. The van der Waals surface area contributed by atoms with E-state index >= 15 is 0 Å². The van der Waals surface area contributed by atoms with Crippen molar-refractivity contribution in [1.29, 1.82) is 0 Å². The third-order valence-electron chi connectivity index (χ3n) is 4.77. The third-order valence-corrected chi connectivity index (χ3v) is 4.77. The maximum atomic E-state index is 12.5. The zero-order valence-corrected chi connectivity index (χ0v) is 20.4. The van der Waals surface area contributed by atoms with E-state index in [9.17, 15) is 9.59 Å². The zero-order valence-electron chi connectivity index (χ0n) is 18.0. The fourth-order valence-electron chi connectivity index (χ4n) is 3.03. The lowest BCUT2D eigenvalue weighted by atomic mass is 10.1. The van der Waals surface area contributed by atoms with Crippen molar-refractivity contribution in [2.75, 3.05) is 26.2 Å². The molecule has 0 bridgehead atoms. The fraction of sp³-hybridized carbons (Fsp3) is 0.429. The number of oxazole rings is 1. The first-order valence-electron chi connectivity index (χ1n) is 10.1. The minimum absolute atomic E-state index is 0. The summed E-state index contributed by atoms with van der Waals surface area (Å²) >= 11 is 0. The second-order valence-electron chi connectivity index (χ2n) is 7.07. The van der Waals surface area contributed by atoms with Crippen LogP contribution in [0.1, 0.15) is 40.2 Å². The van der Waals surface area contributed by atoms with Crippen LogP contribution in [0.5, 0.6) is 0 Å². The summed E-state index contributed by atoms with van der Waals surface area (Å²) in [5, 5.41) is 9.12. The van der Waals surface area contributed by atoms with Crippen LogP contribution in [0.2, 0.25) is 0 Å². The highest BCUT2D eigenvalue weighted by Crippen LogP contribution is 2.10. The molecule has 168 valence electrons. The van der Waals surface area contributed by atoms with E-state index in [1.807, 2.05) is 32.9 Å². The Bertz CT molecular complexity index is 906. The largest absolute Gasteiger partial charge is 0.444 e. The molecule has 0 spiro atoms. The van der Waals surface area contributed by atoms with Crippen LogP contribution in [-0.2, 0) is 17.9 Å². The Morgan fingerprint density at radius 2 is 2.00 bits per heavy atom. The van der Waals surface area contributed by atoms with Crippen LogP contribution in [0.25, 0.3) is 0 Å². The van der Waals surface area contributed by atoms with Gasteiger partial charge in [0.05, 0.1) is 25.3 Å². The van der Waals surface area contributed by atoms with Crippen molar-refractivity contribution < 1.29 is 14.0 Å². The number of carbonyl (C=O) groups excluding carboxylic acids is 2. The van der Waals surface area contributed by atoms with Gasteiger partial charge < -0.3 is 25.3 Å². The van der Waals surface area contributed by atoms with Gasteiger partial charge in [0.15, 0.2) is 5.96 Å². The first-order valence-corrected chi connectivity index (χ1v) is 10.1. The summed E-state index contributed by atoms with van der Waals surface area (Å²) in [6.07, 6.45) is 0. The fourth-order valence-corrected chi connectivity index (χ4v) is 3.03. The van der Waals surface area contributed by atoms with Crippen molar-refractivity contribution >= 4 is 41.8 Å². The maximum Gasteiger partial charge on any atom is 0.254 e. The molecule has 9 nitrogen and oxygen atoms in total.